The standard InChI is InChI=1S/C19H19N3O6/c1-11(16(23)22-19(20)26)28-18(25)14-5-3-4-6-15(14)21-17(24)12-7-9-13(27-2)10-8-12/h3-11H,1-2H3,(H,21,24)(H3,20,22,23,26)/t11-/m1/s1. The summed E-state index contributed by atoms with van der Waals surface area (Å²) in [4.78, 5) is 47.2. The molecule has 0 saturated carbocycles. The predicted octanol–water partition coefficient (Wildman–Crippen LogP) is 1.69. The number of anilines is 1. The van der Waals surface area contributed by atoms with Crippen molar-refractivity contribution in [3.05, 3.63) is 59.7 Å². The smallest absolute Gasteiger partial charge is 0.341 e. The summed E-state index contributed by atoms with van der Waals surface area (Å²) in [5, 5.41) is 4.44. The van der Waals surface area contributed by atoms with Crippen molar-refractivity contribution in [2.24, 2.45) is 5.73 Å². The van der Waals surface area contributed by atoms with Crippen LogP contribution in [0.15, 0.2) is 48.5 Å². The second-order valence-electron chi connectivity index (χ2n) is 5.63. The van der Waals surface area contributed by atoms with E-state index in [1.807, 2.05) is 5.32 Å². The van der Waals surface area contributed by atoms with Crippen molar-refractivity contribution in [1.29, 1.82) is 0 Å². The highest BCUT2D eigenvalue weighted by molar-refractivity contribution is 6.08. The van der Waals surface area contributed by atoms with Gasteiger partial charge in [0, 0.05) is 5.56 Å². The predicted molar refractivity (Wildman–Crippen MR) is 100.0 cm³/mol. The summed E-state index contributed by atoms with van der Waals surface area (Å²) < 4.78 is 10.1. The Labute approximate surface area is 160 Å². The van der Waals surface area contributed by atoms with Crippen molar-refractivity contribution in [1.82, 2.24) is 5.32 Å². The van der Waals surface area contributed by atoms with Gasteiger partial charge in [-0.1, -0.05) is 12.1 Å². The molecule has 0 saturated heterocycles. The van der Waals surface area contributed by atoms with Gasteiger partial charge in [-0.15, -0.1) is 0 Å². The first-order valence-electron chi connectivity index (χ1n) is 8.17. The number of benzene rings is 2. The lowest BCUT2D eigenvalue weighted by molar-refractivity contribution is -0.127. The van der Waals surface area contributed by atoms with Crippen molar-refractivity contribution >= 4 is 29.5 Å². The third kappa shape index (κ3) is 5.31. The van der Waals surface area contributed by atoms with Crippen LogP contribution < -0.4 is 21.1 Å². The largest absolute Gasteiger partial charge is 0.497 e. The summed E-state index contributed by atoms with van der Waals surface area (Å²) in [6.07, 6.45) is -1.26. The van der Waals surface area contributed by atoms with Crippen LogP contribution in [0.4, 0.5) is 10.5 Å². The number of methoxy groups -OCH3 is 1. The minimum absolute atomic E-state index is 0.0445. The summed E-state index contributed by atoms with van der Waals surface area (Å²) in [7, 11) is 1.52. The van der Waals surface area contributed by atoms with Crippen LogP contribution in [-0.4, -0.2) is 37.0 Å². The number of imide groups is 1. The maximum Gasteiger partial charge on any atom is 0.341 e. The second kappa shape index (κ2) is 9.17. The number of hydrogen-bond acceptors (Lipinski definition) is 6. The van der Waals surface area contributed by atoms with E-state index in [9.17, 15) is 19.2 Å². The maximum atomic E-state index is 12.4. The van der Waals surface area contributed by atoms with E-state index in [1.54, 1.807) is 36.4 Å². The molecule has 0 bridgehead atoms. The van der Waals surface area contributed by atoms with E-state index < -0.39 is 29.9 Å². The Morgan fingerprint density at radius 2 is 1.64 bits per heavy atom. The fraction of sp³-hybridized carbons (Fsp3) is 0.158. The van der Waals surface area contributed by atoms with Gasteiger partial charge in [0.25, 0.3) is 11.8 Å². The molecule has 1 atom stereocenters. The van der Waals surface area contributed by atoms with Gasteiger partial charge in [-0.2, -0.15) is 0 Å². The summed E-state index contributed by atoms with van der Waals surface area (Å²) >= 11 is 0. The first kappa shape index (κ1) is 20.4. The highest BCUT2D eigenvalue weighted by Crippen LogP contribution is 2.19. The number of nitrogens with one attached hydrogen (secondary N) is 2. The van der Waals surface area contributed by atoms with Crippen molar-refractivity contribution in [2.75, 3.05) is 12.4 Å². The molecule has 0 aromatic heterocycles. The van der Waals surface area contributed by atoms with Gasteiger partial charge in [-0.05, 0) is 43.3 Å². The van der Waals surface area contributed by atoms with Crippen LogP contribution in [-0.2, 0) is 9.53 Å². The van der Waals surface area contributed by atoms with Crippen LogP contribution in [0.5, 0.6) is 5.75 Å². The van der Waals surface area contributed by atoms with Crippen LogP contribution >= 0.6 is 0 Å². The molecule has 0 aliphatic carbocycles. The molecule has 0 aliphatic heterocycles. The molecule has 28 heavy (non-hydrogen) atoms. The summed E-state index contributed by atoms with van der Waals surface area (Å²) in [6, 6.07) is 11.5. The number of carbonyl (C=O) groups excluding carboxylic acids is 4. The van der Waals surface area contributed by atoms with Crippen LogP contribution in [0, 0.1) is 0 Å². The molecule has 9 heteroatoms. The number of primary amides is 1. The number of ether oxygens (including phenoxy) is 2. The number of nitrogens with two attached hydrogens (primary N) is 1. The number of rotatable bonds is 6. The van der Waals surface area contributed by atoms with Crippen LogP contribution in [0.3, 0.4) is 0 Å². The molecule has 0 heterocycles. The third-order valence-corrected chi connectivity index (χ3v) is 3.65. The topological polar surface area (TPSA) is 137 Å². The van der Waals surface area contributed by atoms with Gasteiger partial charge in [0.05, 0.1) is 18.4 Å². The highest BCUT2D eigenvalue weighted by Gasteiger charge is 2.22. The van der Waals surface area contributed by atoms with Gasteiger partial charge in [-0.25, -0.2) is 9.59 Å². The number of hydrogen-bond donors (Lipinski definition) is 3. The van der Waals surface area contributed by atoms with Crippen LogP contribution in [0.1, 0.15) is 27.6 Å². The molecule has 0 fully saturated rings. The van der Waals surface area contributed by atoms with E-state index >= 15 is 0 Å². The fourth-order valence-electron chi connectivity index (χ4n) is 2.21. The number of amides is 4. The molecule has 9 nitrogen and oxygen atoms in total. The summed E-state index contributed by atoms with van der Waals surface area (Å²) in [6.45, 7) is 1.29. The number of urea groups is 1. The van der Waals surface area contributed by atoms with Crippen molar-refractivity contribution in [2.45, 2.75) is 13.0 Å². The molecular weight excluding hydrogens is 366 g/mol. The van der Waals surface area contributed by atoms with E-state index in [0.717, 1.165) is 0 Å². The molecule has 2 aromatic rings. The minimum atomic E-state index is -1.26. The first-order valence-corrected chi connectivity index (χ1v) is 8.17. The average molecular weight is 385 g/mol. The fourth-order valence-corrected chi connectivity index (χ4v) is 2.21. The molecule has 0 unspecified atom stereocenters. The van der Waals surface area contributed by atoms with E-state index in [1.165, 1.54) is 26.2 Å². The number of para-hydroxylation sites is 1. The maximum absolute atomic E-state index is 12.4. The van der Waals surface area contributed by atoms with Gasteiger partial charge in [0.15, 0.2) is 6.10 Å². The summed E-state index contributed by atoms with van der Waals surface area (Å²) in [5.74, 6) is -1.55. The monoisotopic (exact) mass is 385 g/mol. The Kier molecular flexibility index (Phi) is 6.69. The van der Waals surface area contributed by atoms with Gasteiger partial charge in [0.1, 0.15) is 5.75 Å². The van der Waals surface area contributed by atoms with Gasteiger partial charge < -0.3 is 20.5 Å². The third-order valence-electron chi connectivity index (χ3n) is 3.65. The zero-order valence-electron chi connectivity index (χ0n) is 15.2. The Bertz CT molecular complexity index is 895. The lowest BCUT2D eigenvalue weighted by Gasteiger charge is -2.14. The molecule has 2 aromatic carbocycles. The lowest BCUT2D eigenvalue weighted by Crippen LogP contribution is -2.42. The zero-order valence-corrected chi connectivity index (χ0v) is 15.2. The van der Waals surface area contributed by atoms with Crippen molar-refractivity contribution < 1.29 is 28.7 Å². The molecule has 4 amide bonds. The van der Waals surface area contributed by atoms with Crippen LogP contribution in [0.25, 0.3) is 0 Å². The molecule has 2 rings (SSSR count). The van der Waals surface area contributed by atoms with Gasteiger partial charge in [0.2, 0.25) is 0 Å². The van der Waals surface area contributed by atoms with Crippen molar-refractivity contribution in [3.63, 3.8) is 0 Å². The van der Waals surface area contributed by atoms with Gasteiger partial charge >= 0.3 is 12.0 Å². The first-order chi connectivity index (χ1) is 13.3. The molecule has 0 aliphatic rings. The van der Waals surface area contributed by atoms with E-state index in [0.29, 0.717) is 11.3 Å². The van der Waals surface area contributed by atoms with E-state index in [2.05, 4.69) is 5.32 Å². The van der Waals surface area contributed by atoms with Crippen LogP contribution in [0.2, 0.25) is 0 Å². The zero-order chi connectivity index (χ0) is 20.7. The quantitative estimate of drug-likeness (QED) is 0.647. The molecule has 0 radical (unpaired) electrons. The normalized spacial score (nSPS) is 11.1. The SMILES string of the molecule is COc1ccc(C(=O)Nc2ccccc2C(=O)O[C@H](C)C(=O)NC(N)=O)cc1. The Morgan fingerprint density at radius 1 is 1.00 bits per heavy atom. The molecule has 0 spiro atoms. The number of esters is 1. The molecule has 4 N–H and O–H groups in total. The van der Waals surface area contributed by atoms with E-state index in [4.69, 9.17) is 15.2 Å². The molecular formula is C19H19N3O6. The average Bonchev–Trinajstić information content (AvgIpc) is 2.67. The lowest BCUT2D eigenvalue weighted by atomic mass is 10.1. The second-order valence-corrected chi connectivity index (χ2v) is 5.63. The highest BCUT2D eigenvalue weighted by atomic mass is 16.5. The Balaban J connectivity index is 2.13. The minimum Gasteiger partial charge on any atom is -0.497 e. The number of carbonyl (C=O) groups is 4. The Hall–Kier alpha value is -3.88. The van der Waals surface area contributed by atoms with Crippen molar-refractivity contribution in [3.8, 4) is 5.75 Å². The van der Waals surface area contributed by atoms with E-state index in [-0.39, 0.29) is 11.3 Å². The van der Waals surface area contributed by atoms with Gasteiger partial charge in [-0.3, -0.25) is 14.9 Å². The summed E-state index contributed by atoms with van der Waals surface area (Å²) in [5.41, 5.74) is 5.47. The Morgan fingerprint density at radius 3 is 2.25 bits per heavy atom. The molecule has 146 valence electrons.